The van der Waals surface area contributed by atoms with Gasteiger partial charge >= 0.3 is 0 Å². The summed E-state index contributed by atoms with van der Waals surface area (Å²) < 4.78 is 16.2. The molecule has 2 heterocycles. The van der Waals surface area contributed by atoms with Crippen molar-refractivity contribution in [3.05, 3.63) is 18.2 Å². The van der Waals surface area contributed by atoms with Gasteiger partial charge in [-0.1, -0.05) is 0 Å². The van der Waals surface area contributed by atoms with Gasteiger partial charge in [-0.2, -0.15) is 0 Å². The molecule has 124 valence electrons. The van der Waals surface area contributed by atoms with E-state index in [0.29, 0.717) is 18.0 Å². The fourth-order valence-corrected chi connectivity index (χ4v) is 2.54. The van der Waals surface area contributed by atoms with Crippen LogP contribution in [0.1, 0.15) is 0 Å². The van der Waals surface area contributed by atoms with Crippen molar-refractivity contribution < 1.29 is 19.3 Å². The van der Waals surface area contributed by atoms with Gasteiger partial charge in [0.25, 0.3) is 0 Å². The maximum Gasteiger partial charge on any atom is 0.231 e. The average Bonchev–Trinajstić information content (AvgIpc) is 2.95. The van der Waals surface area contributed by atoms with Crippen molar-refractivity contribution in [1.82, 2.24) is 9.80 Å². The van der Waals surface area contributed by atoms with Gasteiger partial charge in [0.05, 0.1) is 0 Å². The lowest BCUT2D eigenvalue weighted by atomic mass is 10.2. The predicted molar refractivity (Wildman–Crippen MR) is 85.3 cm³/mol. The van der Waals surface area contributed by atoms with Crippen LogP contribution in [0.5, 0.6) is 17.2 Å². The topological polar surface area (TPSA) is 54.4 Å². The van der Waals surface area contributed by atoms with Crippen molar-refractivity contribution in [2.24, 2.45) is 0 Å². The van der Waals surface area contributed by atoms with Crippen molar-refractivity contribution in [1.29, 1.82) is 0 Å². The number of nitrogens with zero attached hydrogens (tertiary/aromatic N) is 2. The molecule has 1 fully saturated rings. The fraction of sp³-hybridized carbons (Fsp3) is 0.600. The normalized spacial score (nSPS) is 19.5. The van der Waals surface area contributed by atoms with Crippen molar-refractivity contribution in [2.75, 3.05) is 53.2 Å². The molecule has 7 heteroatoms. The molecule has 0 saturated carbocycles. The van der Waals surface area contributed by atoms with E-state index in [4.69, 9.17) is 14.2 Å². The van der Waals surface area contributed by atoms with Crippen molar-refractivity contribution >= 4 is 12.4 Å². The van der Waals surface area contributed by atoms with Crippen molar-refractivity contribution in [3.8, 4) is 17.2 Å². The van der Waals surface area contributed by atoms with E-state index in [1.165, 1.54) is 0 Å². The predicted octanol–water partition coefficient (Wildman–Crippen LogP) is 0.824. The molecule has 22 heavy (non-hydrogen) atoms. The number of rotatable bonds is 5. The molecule has 3 rings (SSSR count). The first-order valence-electron chi connectivity index (χ1n) is 7.32. The van der Waals surface area contributed by atoms with Gasteiger partial charge in [-0.3, -0.25) is 4.90 Å². The quantitative estimate of drug-likeness (QED) is 0.863. The molecule has 1 saturated heterocycles. The lowest BCUT2D eigenvalue weighted by molar-refractivity contribution is 0.0504. The van der Waals surface area contributed by atoms with E-state index in [0.717, 1.165) is 31.9 Å². The first-order valence-corrected chi connectivity index (χ1v) is 7.32. The Morgan fingerprint density at radius 2 is 1.91 bits per heavy atom. The SMILES string of the molecule is CN1CCN(CC(O)COc2ccc3c(c2)OCO3)CC1.Cl. The van der Waals surface area contributed by atoms with Gasteiger partial charge in [-0.25, -0.2) is 0 Å². The number of aliphatic hydroxyl groups excluding tert-OH is 1. The number of halogens is 1. The van der Waals surface area contributed by atoms with Crippen LogP contribution < -0.4 is 14.2 Å². The Morgan fingerprint density at radius 3 is 2.68 bits per heavy atom. The molecule has 1 aromatic rings. The summed E-state index contributed by atoms with van der Waals surface area (Å²) in [5, 5.41) is 10.1. The summed E-state index contributed by atoms with van der Waals surface area (Å²) in [7, 11) is 2.12. The molecule has 0 amide bonds. The number of ether oxygens (including phenoxy) is 3. The summed E-state index contributed by atoms with van der Waals surface area (Å²) in [4.78, 5) is 4.57. The molecule has 0 aromatic heterocycles. The Kier molecular flexibility index (Phi) is 6.14. The van der Waals surface area contributed by atoms with Gasteiger partial charge in [0.1, 0.15) is 18.5 Å². The Labute approximate surface area is 137 Å². The van der Waals surface area contributed by atoms with Crippen LogP contribution in [-0.2, 0) is 0 Å². The average molecular weight is 331 g/mol. The first kappa shape index (κ1) is 17.1. The van der Waals surface area contributed by atoms with Crippen LogP contribution >= 0.6 is 12.4 Å². The first-order chi connectivity index (χ1) is 10.2. The second-order valence-electron chi connectivity index (χ2n) is 5.58. The van der Waals surface area contributed by atoms with Gasteiger partial charge < -0.3 is 24.2 Å². The number of benzene rings is 1. The summed E-state index contributed by atoms with van der Waals surface area (Å²) >= 11 is 0. The van der Waals surface area contributed by atoms with Crippen molar-refractivity contribution in [3.63, 3.8) is 0 Å². The number of hydrogen-bond acceptors (Lipinski definition) is 6. The van der Waals surface area contributed by atoms with Crippen LogP contribution in [0.25, 0.3) is 0 Å². The van der Waals surface area contributed by atoms with E-state index in [9.17, 15) is 5.11 Å². The summed E-state index contributed by atoms with van der Waals surface area (Å²) in [6, 6.07) is 5.45. The second kappa shape index (κ2) is 7.87. The molecule has 0 spiro atoms. The molecular formula is C15H23ClN2O4. The van der Waals surface area contributed by atoms with Crippen LogP contribution in [-0.4, -0.2) is 74.2 Å². The summed E-state index contributed by atoms with van der Waals surface area (Å²) in [5.74, 6) is 2.12. The molecule has 2 aliphatic rings. The Balaban J connectivity index is 0.00000176. The fourth-order valence-electron chi connectivity index (χ4n) is 2.54. The Bertz CT molecular complexity index is 481. The van der Waals surface area contributed by atoms with Gasteiger partial charge in [-0.15, -0.1) is 12.4 Å². The highest BCUT2D eigenvalue weighted by Gasteiger charge is 2.18. The summed E-state index contributed by atoms with van der Waals surface area (Å²) in [5.41, 5.74) is 0. The minimum Gasteiger partial charge on any atom is -0.491 e. The monoisotopic (exact) mass is 330 g/mol. The van der Waals surface area contributed by atoms with Crippen LogP contribution in [0.2, 0.25) is 0 Å². The molecule has 6 nitrogen and oxygen atoms in total. The maximum atomic E-state index is 10.1. The van der Waals surface area contributed by atoms with Crippen LogP contribution in [0, 0.1) is 0 Å². The van der Waals surface area contributed by atoms with E-state index in [1.54, 1.807) is 6.07 Å². The van der Waals surface area contributed by atoms with E-state index >= 15 is 0 Å². The van der Waals surface area contributed by atoms with E-state index in [1.807, 2.05) is 12.1 Å². The molecule has 1 N–H and O–H groups in total. The van der Waals surface area contributed by atoms with Crippen molar-refractivity contribution in [2.45, 2.75) is 6.10 Å². The van der Waals surface area contributed by atoms with Gasteiger partial charge in [0.15, 0.2) is 11.5 Å². The lowest BCUT2D eigenvalue weighted by Gasteiger charge is -2.33. The maximum absolute atomic E-state index is 10.1. The third kappa shape index (κ3) is 4.39. The number of aliphatic hydroxyl groups is 1. The zero-order valence-corrected chi connectivity index (χ0v) is 13.6. The van der Waals surface area contributed by atoms with Gasteiger partial charge in [0, 0.05) is 38.8 Å². The molecule has 2 aliphatic heterocycles. The minimum absolute atomic E-state index is 0. The van der Waals surface area contributed by atoms with Gasteiger partial charge in [-0.05, 0) is 19.2 Å². The molecular weight excluding hydrogens is 308 g/mol. The Morgan fingerprint density at radius 1 is 1.18 bits per heavy atom. The number of β-amino-alcohol motifs (C(OH)–C–C–N with tert-alkyl or cyclic N) is 1. The molecule has 1 aromatic carbocycles. The highest BCUT2D eigenvalue weighted by Crippen LogP contribution is 2.35. The lowest BCUT2D eigenvalue weighted by Crippen LogP contribution is -2.47. The largest absolute Gasteiger partial charge is 0.491 e. The highest BCUT2D eigenvalue weighted by molar-refractivity contribution is 5.85. The Hall–Kier alpha value is -1.21. The summed E-state index contributed by atoms with van der Waals surface area (Å²) in [6.45, 7) is 5.29. The third-order valence-corrected chi connectivity index (χ3v) is 3.85. The van der Waals surface area contributed by atoms with Crippen LogP contribution in [0.3, 0.4) is 0 Å². The van der Waals surface area contributed by atoms with Crippen LogP contribution in [0.4, 0.5) is 0 Å². The molecule has 0 radical (unpaired) electrons. The second-order valence-corrected chi connectivity index (χ2v) is 5.58. The molecule has 1 unspecified atom stereocenters. The number of hydrogen-bond donors (Lipinski definition) is 1. The zero-order chi connectivity index (χ0) is 14.7. The number of likely N-dealkylation sites (N-methyl/N-ethyl adjacent to an activating group) is 1. The number of fused-ring (bicyclic) bond motifs is 1. The van der Waals surface area contributed by atoms with Crippen LogP contribution in [0.15, 0.2) is 18.2 Å². The van der Waals surface area contributed by atoms with E-state index < -0.39 is 6.10 Å². The molecule has 0 aliphatic carbocycles. The highest BCUT2D eigenvalue weighted by atomic mass is 35.5. The van der Waals surface area contributed by atoms with Gasteiger partial charge in [0.2, 0.25) is 6.79 Å². The van der Waals surface area contributed by atoms with E-state index in [2.05, 4.69) is 16.8 Å². The standard InChI is InChI=1S/C15H22N2O4.ClH/c1-16-4-6-17(7-5-16)9-12(18)10-19-13-2-3-14-15(8-13)21-11-20-14;/h2-3,8,12,18H,4-7,9-11H2,1H3;1H. The number of piperazine rings is 1. The minimum atomic E-state index is -0.487. The third-order valence-electron chi connectivity index (χ3n) is 3.85. The molecule has 1 atom stereocenters. The summed E-state index contributed by atoms with van der Waals surface area (Å²) in [6.07, 6.45) is -0.487. The zero-order valence-electron chi connectivity index (χ0n) is 12.7. The van der Waals surface area contributed by atoms with E-state index in [-0.39, 0.29) is 25.8 Å². The molecule has 0 bridgehead atoms. The smallest absolute Gasteiger partial charge is 0.231 e.